The number of carbonyl (C=O) groups excluding carboxylic acids is 2. The fourth-order valence-electron chi connectivity index (χ4n) is 3.84. The quantitative estimate of drug-likeness (QED) is 0.644. The lowest BCUT2D eigenvalue weighted by Gasteiger charge is -2.34. The molecule has 32 heavy (non-hydrogen) atoms. The number of para-hydroxylation sites is 2. The van der Waals surface area contributed by atoms with Crippen molar-refractivity contribution in [1.82, 2.24) is 24.9 Å². The molecule has 0 spiro atoms. The van der Waals surface area contributed by atoms with Crippen molar-refractivity contribution in [2.24, 2.45) is 0 Å². The molecule has 2 aromatic carbocycles. The van der Waals surface area contributed by atoms with Crippen molar-refractivity contribution in [3.63, 3.8) is 0 Å². The topological polar surface area (TPSA) is 79.7 Å². The van der Waals surface area contributed by atoms with Gasteiger partial charge in [-0.1, -0.05) is 30.3 Å². The highest BCUT2D eigenvalue weighted by atomic mass is 16.5. The van der Waals surface area contributed by atoms with E-state index >= 15 is 0 Å². The predicted molar refractivity (Wildman–Crippen MR) is 122 cm³/mol. The van der Waals surface area contributed by atoms with E-state index in [1.54, 1.807) is 25.0 Å². The molecule has 2 heterocycles. The molecule has 1 saturated heterocycles. The van der Waals surface area contributed by atoms with Crippen LogP contribution in [0.15, 0.2) is 60.8 Å². The van der Waals surface area contributed by atoms with Crippen LogP contribution in [0.1, 0.15) is 10.4 Å². The highest BCUT2D eigenvalue weighted by molar-refractivity contribution is 6.00. The summed E-state index contributed by atoms with van der Waals surface area (Å²) in [5.74, 6) is 0.565. The number of carbonyl (C=O) groups is 2. The summed E-state index contributed by atoms with van der Waals surface area (Å²) in [6, 6.07) is 17.3. The van der Waals surface area contributed by atoms with Gasteiger partial charge in [-0.05, 0) is 24.3 Å². The first-order valence-corrected chi connectivity index (χ1v) is 10.6. The summed E-state index contributed by atoms with van der Waals surface area (Å²) in [5, 5.41) is 7.41. The first-order valence-electron chi connectivity index (χ1n) is 10.6. The maximum absolute atomic E-state index is 13.6. The molecule has 1 aliphatic heterocycles. The Morgan fingerprint density at radius 3 is 2.38 bits per heavy atom. The molecule has 0 unspecified atom stereocenters. The molecule has 1 aliphatic rings. The van der Waals surface area contributed by atoms with Crippen molar-refractivity contribution in [3.8, 4) is 22.7 Å². The van der Waals surface area contributed by atoms with Crippen LogP contribution in [0.5, 0.6) is 5.75 Å². The van der Waals surface area contributed by atoms with Crippen LogP contribution >= 0.6 is 0 Å². The van der Waals surface area contributed by atoms with Gasteiger partial charge >= 0.3 is 0 Å². The SMILES string of the molecule is CNC(=O)CN1CCN(C(=O)c2cn(-c3ccccc3)nc2-c2ccccc2OC)CC1. The molecule has 4 rings (SSSR count). The second-order valence-corrected chi connectivity index (χ2v) is 7.61. The first kappa shape index (κ1) is 21.6. The number of piperazine rings is 1. The number of nitrogens with one attached hydrogen (secondary N) is 1. The van der Waals surface area contributed by atoms with E-state index in [4.69, 9.17) is 9.84 Å². The fraction of sp³-hybridized carbons (Fsp3) is 0.292. The predicted octanol–water partition coefficient (Wildman–Crippen LogP) is 2.05. The van der Waals surface area contributed by atoms with Crippen LogP contribution in [0.4, 0.5) is 0 Å². The Morgan fingerprint density at radius 2 is 1.69 bits per heavy atom. The minimum atomic E-state index is -0.0762. The molecule has 3 aromatic rings. The van der Waals surface area contributed by atoms with Gasteiger partial charge in [-0.2, -0.15) is 5.10 Å². The van der Waals surface area contributed by atoms with E-state index in [1.807, 2.05) is 59.5 Å². The zero-order valence-electron chi connectivity index (χ0n) is 18.3. The lowest BCUT2D eigenvalue weighted by atomic mass is 10.1. The second-order valence-electron chi connectivity index (χ2n) is 7.61. The maximum Gasteiger partial charge on any atom is 0.257 e. The molecule has 0 radical (unpaired) electrons. The Kier molecular flexibility index (Phi) is 6.51. The van der Waals surface area contributed by atoms with Gasteiger partial charge in [0.1, 0.15) is 11.4 Å². The summed E-state index contributed by atoms with van der Waals surface area (Å²) >= 11 is 0. The van der Waals surface area contributed by atoms with E-state index in [0.717, 1.165) is 11.3 Å². The van der Waals surface area contributed by atoms with E-state index in [2.05, 4.69) is 10.2 Å². The van der Waals surface area contributed by atoms with E-state index < -0.39 is 0 Å². The Bertz CT molecular complexity index is 1090. The Morgan fingerprint density at radius 1 is 1.00 bits per heavy atom. The molecule has 0 aliphatic carbocycles. The Hall–Kier alpha value is -3.65. The normalized spacial score (nSPS) is 14.2. The van der Waals surface area contributed by atoms with Gasteiger partial charge in [-0.25, -0.2) is 4.68 Å². The summed E-state index contributed by atoms with van der Waals surface area (Å²) in [4.78, 5) is 29.1. The zero-order valence-corrected chi connectivity index (χ0v) is 18.3. The van der Waals surface area contributed by atoms with Gasteiger partial charge in [0.15, 0.2) is 0 Å². The highest BCUT2D eigenvalue weighted by Crippen LogP contribution is 2.32. The largest absolute Gasteiger partial charge is 0.496 e. The fourth-order valence-corrected chi connectivity index (χ4v) is 3.84. The van der Waals surface area contributed by atoms with Crippen LogP contribution < -0.4 is 10.1 Å². The summed E-state index contributed by atoms with van der Waals surface area (Å²) in [6.45, 7) is 2.75. The molecular formula is C24H27N5O3. The van der Waals surface area contributed by atoms with Crippen molar-refractivity contribution in [3.05, 3.63) is 66.4 Å². The molecule has 1 N–H and O–H groups in total. The standard InChI is InChI=1S/C24H27N5O3/c1-25-22(30)17-27-12-14-28(15-13-27)24(31)20-16-29(18-8-4-3-5-9-18)26-23(20)19-10-6-7-11-21(19)32-2/h3-11,16H,12-15,17H2,1-2H3,(H,25,30). The number of rotatable bonds is 6. The zero-order chi connectivity index (χ0) is 22.5. The van der Waals surface area contributed by atoms with Crippen LogP contribution in [0.3, 0.4) is 0 Å². The molecule has 166 valence electrons. The molecule has 8 nitrogen and oxygen atoms in total. The average molecular weight is 434 g/mol. The van der Waals surface area contributed by atoms with Crippen LogP contribution in [0.2, 0.25) is 0 Å². The second kappa shape index (κ2) is 9.65. The minimum Gasteiger partial charge on any atom is -0.496 e. The monoisotopic (exact) mass is 433 g/mol. The van der Waals surface area contributed by atoms with Crippen molar-refractivity contribution in [1.29, 1.82) is 0 Å². The third-order valence-electron chi connectivity index (χ3n) is 5.63. The molecule has 8 heteroatoms. The summed E-state index contributed by atoms with van der Waals surface area (Å²) in [7, 11) is 3.24. The first-order chi connectivity index (χ1) is 15.6. The van der Waals surface area contributed by atoms with Crippen molar-refractivity contribution >= 4 is 11.8 Å². The van der Waals surface area contributed by atoms with E-state index in [0.29, 0.717) is 49.7 Å². The number of nitrogens with zero attached hydrogens (tertiary/aromatic N) is 4. The van der Waals surface area contributed by atoms with E-state index in [9.17, 15) is 9.59 Å². The third-order valence-corrected chi connectivity index (χ3v) is 5.63. The highest BCUT2D eigenvalue weighted by Gasteiger charge is 2.28. The van der Waals surface area contributed by atoms with Crippen molar-refractivity contribution in [2.75, 3.05) is 46.9 Å². The van der Waals surface area contributed by atoms with Crippen LogP contribution in [-0.4, -0.2) is 78.3 Å². The minimum absolute atomic E-state index is 0.0210. The lowest BCUT2D eigenvalue weighted by molar-refractivity contribution is -0.122. The van der Waals surface area contributed by atoms with Crippen LogP contribution in [0.25, 0.3) is 16.9 Å². The number of aromatic nitrogens is 2. The smallest absolute Gasteiger partial charge is 0.257 e. The molecule has 0 bridgehead atoms. The number of ether oxygens (including phenoxy) is 1. The van der Waals surface area contributed by atoms with Gasteiger partial charge in [-0.15, -0.1) is 0 Å². The number of methoxy groups -OCH3 is 1. The molecule has 2 amide bonds. The van der Waals surface area contributed by atoms with Gasteiger partial charge in [0.25, 0.3) is 5.91 Å². The molecule has 0 atom stereocenters. The number of hydrogen-bond acceptors (Lipinski definition) is 5. The van der Waals surface area contributed by atoms with E-state index in [1.165, 1.54) is 0 Å². The third kappa shape index (κ3) is 4.50. The summed E-state index contributed by atoms with van der Waals surface area (Å²) in [6.07, 6.45) is 1.79. The Labute approximate surface area is 187 Å². The summed E-state index contributed by atoms with van der Waals surface area (Å²) < 4.78 is 7.27. The molecule has 0 saturated carbocycles. The molecular weight excluding hydrogens is 406 g/mol. The number of benzene rings is 2. The molecule has 1 fully saturated rings. The number of amides is 2. The maximum atomic E-state index is 13.6. The van der Waals surface area contributed by atoms with Crippen LogP contribution in [-0.2, 0) is 4.79 Å². The molecule has 1 aromatic heterocycles. The summed E-state index contributed by atoms with van der Waals surface area (Å²) in [5.41, 5.74) is 2.76. The van der Waals surface area contributed by atoms with Gasteiger partial charge < -0.3 is 15.0 Å². The van der Waals surface area contributed by atoms with Gasteiger partial charge in [0.2, 0.25) is 5.91 Å². The number of hydrogen-bond donors (Lipinski definition) is 1. The van der Waals surface area contributed by atoms with Gasteiger partial charge in [-0.3, -0.25) is 14.5 Å². The lowest BCUT2D eigenvalue weighted by Crippen LogP contribution is -2.50. The van der Waals surface area contributed by atoms with Crippen LogP contribution in [0, 0.1) is 0 Å². The van der Waals surface area contributed by atoms with Gasteiger partial charge in [0.05, 0.1) is 24.9 Å². The Balaban J connectivity index is 1.65. The van der Waals surface area contributed by atoms with Crippen molar-refractivity contribution in [2.45, 2.75) is 0 Å². The van der Waals surface area contributed by atoms with E-state index in [-0.39, 0.29) is 11.8 Å². The van der Waals surface area contributed by atoms with Gasteiger partial charge in [0, 0.05) is 45.0 Å². The number of likely N-dealkylation sites (N-methyl/N-ethyl adjacent to an activating group) is 1. The van der Waals surface area contributed by atoms with Crippen molar-refractivity contribution < 1.29 is 14.3 Å². The average Bonchev–Trinajstić information content (AvgIpc) is 3.30.